The van der Waals surface area contributed by atoms with Crippen LogP contribution in [0.2, 0.25) is 0 Å². The molecule has 88 valence electrons. The molecule has 0 bridgehead atoms. The second kappa shape index (κ2) is 5.08. The lowest BCUT2D eigenvalue weighted by Crippen LogP contribution is -2.28. The number of aryl methyl sites for hydroxylation is 2. The molecule has 0 radical (unpaired) electrons. The summed E-state index contributed by atoms with van der Waals surface area (Å²) in [4.78, 5) is 4.02. The van der Waals surface area contributed by atoms with E-state index in [9.17, 15) is 0 Å². The fourth-order valence-corrected chi connectivity index (χ4v) is 2.12. The van der Waals surface area contributed by atoms with E-state index in [2.05, 4.69) is 42.5 Å². The minimum atomic E-state index is 0.0107. The van der Waals surface area contributed by atoms with Gasteiger partial charge in [0.15, 0.2) is 0 Å². The molecule has 3 nitrogen and oxygen atoms in total. The van der Waals surface area contributed by atoms with Gasteiger partial charge in [0, 0.05) is 12.4 Å². The van der Waals surface area contributed by atoms with Gasteiger partial charge in [0.05, 0.1) is 6.04 Å². The highest BCUT2D eigenvalue weighted by Gasteiger charge is 2.12. The molecular weight excluding hydrogens is 210 g/mol. The van der Waals surface area contributed by atoms with Crippen LogP contribution in [-0.2, 0) is 0 Å². The first-order valence-corrected chi connectivity index (χ1v) is 5.65. The molecule has 0 spiro atoms. The van der Waals surface area contributed by atoms with Gasteiger partial charge in [-0.2, -0.15) is 0 Å². The summed E-state index contributed by atoms with van der Waals surface area (Å²) in [5.41, 5.74) is 7.65. The van der Waals surface area contributed by atoms with E-state index < -0.39 is 0 Å². The van der Waals surface area contributed by atoms with Crippen LogP contribution in [0.4, 0.5) is 0 Å². The SMILES string of the molecule is Cc1cc(C)cc(C(NN)c2ccncc2)c1. The van der Waals surface area contributed by atoms with Crippen molar-refractivity contribution in [3.63, 3.8) is 0 Å². The van der Waals surface area contributed by atoms with Crippen molar-refractivity contribution in [1.82, 2.24) is 10.4 Å². The lowest BCUT2D eigenvalue weighted by atomic mass is 9.97. The molecule has 3 heteroatoms. The van der Waals surface area contributed by atoms with Gasteiger partial charge in [0.1, 0.15) is 0 Å². The molecule has 0 saturated heterocycles. The van der Waals surface area contributed by atoms with Crippen molar-refractivity contribution in [3.8, 4) is 0 Å². The zero-order valence-electron chi connectivity index (χ0n) is 10.1. The van der Waals surface area contributed by atoms with Crippen molar-refractivity contribution in [2.24, 2.45) is 5.84 Å². The molecule has 1 aromatic heterocycles. The smallest absolute Gasteiger partial charge is 0.0711 e. The van der Waals surface area contributed by atoms with E-state index in [4.69, 9.17) is 5.84 Å². The Labute approximate surface area is 102 Å². The van der Waals surface area contributed by atoms with Crippen molar-refractivity contribution < 1.29 is 0 Å². The van der Waals surface area contributed by atoms with E-state index in [1.807, 2.05) is 12.1 Å². The number of aromatic nitrogens is 1. The molecule has 3 N–H and O–H groups in total. The third kappa shape index (κ3) is 2.70. The Hall–Kier alpha value is -1.71. The second-order valence-corrected chi connectivity index (χ2v) is 4.30. The summed E-state index contributed by atoms with van der Waals surface area (Å²) in [7, 11) is 0. The topological polar surface area (TPSA) is 50.9 Å². The zero-order valence-corrected chi connectivity index (χ0v) is 10.1. The molecule has 1 aromatic carbocycles. The molecule has 1 heterocycles. The average molecular weight is 227 g/mol. The molecule has 0 aliphatic carbocycles. The molecule has 0 fully saturated rings. The molecule has 1 unspecified atom stereocenters. The predicted molar refractivity (Wildman–Crippen MR) is 69.3 cm³/mol. The zero-order chi connectivity index (χ0) is 12.3. The number of benzene rings is 1. The summed E-state index contributed by atoms with van der Waals surface area (Å²) >= 11 is 0. The number of hydrogen-bond acceptors (Lipinski definition) is 3. The largest absolute Gasteiger partial charge is 0.271 e. The van der Waals surface area contributed by atoms with E-state index >= 15 is 0 Å². The van der Waals surface area contributed by atoms with E-state index in [1.54, 1.807) is 12.4 Å². The van der Waals surface area contributed by atoms with Gasteiger partial charge in [0.2, 0.25) is 0 Å². The molecule has 0 aliphatic rings. The summed E-state index contributed by atoms with van der Waals surface area (Å²) in [6, 6.07) is 10.4. The summed E-state index contributed by atoms with van der Waals surface area (Å²) in [6.45, 7) is 4.19. The van der Waals surface area contributed by atoms with Gasteiger partial charge in [-0.05, 0) is 37.1 Å². The molecule has 2 rings (SSSR count). The summed E-state index contributed by atoms with van der Waals surface area (Å²) in [5.74, 6) is 5.67. The van der Waals surface area contributed by atoms with Crippen LogP contribution in [0.1, 0.15) is 28.3 Å². The Morgan fingerprint density at radius 1 is 1.00 bits per heavy atom. The molecule has 0 aliphatic heterocycles. The Bertz CT molecular complexity index is 474. The van der Waals surface area contributed by atoms with Gasteiger partial charge in [-0.1, -0.05) is 29.3 Å². The molecule has 1 atom stereocenters. The van der Waals surface area contributed by atoms with Crippen LogP contribution in [-0.4, -0.2) is 4.98 Å². The molecular formula is C14H17N3. The molecule has 0 amide bonds. The third-order valence-electron chi connectivity index (χ3n) is 2.78. The maximum atomic E-state index is 5.67. The first-order chi connectivity index (χ1) is 8.20. The number of rotatable bonds is 3. The van der Waals surface area contributed by atoms with Crippen LogP contribution in [0.15, 0.2) is 42.7 Å². The van der Waals surface area contributed by atoms with Crippen LogP contribution >= 0.6 is 0 Å². The lowest BCUT2D eigenvalue weighted by Gasteiger charge is -2.17. The van der Waals surface area contributed by atoms with Crippen LogP contribution in [0.25, 0.3) is 0 Å². The van der Waals surface area contributed by atoms with Crippen molar-refractivity contribution in [2.75, 3.05) is 0 Å². The van der Waals surface area contributed by atoms with Gasteiger partial charge >= 0.3 is 0 Å². The number of nitrogens with one attached hydrogen (secondary N) is 1. The lowest BCUT2D eigenvalue weighted by molar-refractivity contribution is 0.635. The third-order valence-corrected chi connectivity index (χ3v) is 2.78. The van der Waals surface area contributed by atoms with Crippen LogP contribution in [0.5, 0.6) is 0 Å². The van der Waals surface area contributed by atoms with E-state index in [0.717, 1.165) is 5.56 Å². The summed E-state index contributed by atoms with van der Waals surface area (Å²) < 4.78 is 0. The maximum absolute atomic E-state index is 5.67. The maximum Gasteiger partial charge on any atom is 0.0711 e. The Morgan fingerprint density at radius 2 is 1.59 bits per heavy atom. The molecule has 17 heavy (non-hydrogen) atoms. The van der Waals surface area contributed by atoms with E-state index in [0.29, 0.717) is 0 Å². The number of pyridine rings is 1. The van der Waals surface area contributed by atoms with Gasteiger partial charge in [0.25, 0.3) is 0 Å². The summed E-state index contributed by atoms with van der Waals surface area (Å²) in [5, 5.41) is 0. The Kier molecular flexibility index (Phi) is 3.52. The Morgan fingerprint density at radius 3 is 2.12 bits per heavy atom. The van der Waals surface area contributed by atoms with Crippen LogP contribution in [0.3, 0.4) is 0 Å². The number of nitrogens with zero attached hydrogens (tertiary/aromatic N) is 1. The highest BCUT2D eigenvalue weighted by molar-refractivity contribution is 5.36. The number of hydrazine groups is 1. The van der Waals surface area contributed by atoms with E-state index in [-0.39, 0.29) is 6.04 Å². The standard InChI is InChI=1S/C14H17N3/c1-10-7-11(2)9-13(8-10)14(17-15)12-3-5-16-6-4-12/h3-9,14,17H,15H2,1-2H3. The second-order valence-electron chi connectivity index (χ2n) is 4.30. The van der Waals surface area contributed by atoms with E-state index in [1.165, 1.54) is 16.7 Å². The molecule has 0 saturated carbocycles. The van der Waals surface area contributed by atoms with Crippen LogP contribution in [0, 0.1) is 13.8 Å². The predicted octanol–water partition coefficient (Wildman–Crippen LogP) is 2.25. The monoisotopic (exact) mass is 227 g/mol. The van der Waals surface area contributed by atoms with Crippen molar-refractivity contribution in [1.29, 1.82) is 0 Å². The molecule has 2 aromatic rings. The van der Waals surface area contributed by atoms with Gasteiger partial charge in [-0.15, -0.1) is 0 Å². The summed E-state index contributed by atoms with van der Waals surface area (Å²) in [6.07, 6.45) is 3.56. The van der Waals surface area contributed by atoms with Crippen molar-refractivity contribution in [3.05, 3.63) is 65.0 Å². The Balaban J connectivity index is 2.42. The highest BCUT2D eigenvalue weighted by atomic mass is 15.2. The fraction of sp³-hybridized carbons (Fsp3) is 0.214. The highest BCUT2D eigenvalue weighted by Crippen LogP contribution is 2.22. The minimum absolute atomic E-state index is 0.0107. The normalized spacial score (nSPS) is 12.4. The van der Waals surface area contributed by atoms with Crippen LogP contribution < -0.4 is 11.3 Å². The van der Waals surface area contributed by atoms with Crippen molar-refractivity contribution in [2.45, 2.75) is 19.9 Å². The first-order valence-electron chi connectivity index (χ1n) is 5.65. The van der Waals surface area contributed by atoms with Gasteiger partial charge < -0.3 is 0 Å². The quantitative estimate of drug-likeness (QED) is 0.624. The van der Waals surface area contributed by atoms with Gasteiger partial charge in [-0.3, -0.25) is 10.8 Å². The minimum Gasteiger partial charge on any atom is -0.271 e. The van der Waals surface area contributed by atoms with Crippen molar-refractivity contribution >= 4 is 0 Å². The number of hydrogen-bond donors (Lipinski definition) is 2. The average Bonchev–Trinajstić information content (AvgIpc) is 2.30. The fourth-order valence-electron chi connectivity index (χ4n) is 2.12. The first kappa shape index (κ1) is 11.8. The number of nitrogens with two attached hydrogens (primary N) is 1. The van der Waals surface area contributed by atoms with Gasteiger partial charge in [-0.25, -0.2) is 5.43 Å².